The van der Waals surface area contributed by atoms with E-state index in [1.807, 2.05) is 6.92 Å². The first-order chi connectivity index (χ1) is 7.33. The van der Waals surface area contributed by atoms with Crippen molar-refractivity contribution in [1.29, 1.82) is 0 Å². The van der Waals surface area contributed by atoms with Crippen molar-refractivity contribution in [3.8, 4) is 0 Å². The molecule has 0 bridgehead atoms. The second kappa shape index (κ2) is 8.08. The van der Waals surface area contributed by atoms with E-state index in [-0.39, 0.29) is 6.10 Å². The summed E-state index contributed by atoms with van der Waals surface area (Å²) in [5, 5.41) is 3.53. The van der Waals surface area contributed by atoms with E-state index in [0.717, 1.165) is 25.8 Å². The molecule has 1 aliphatic carbocycles. The van der Waals surface area contributed by atoms with Crippen LogP contribution in [0.2, 0.25) is 0 Å². The molecule has 3 heteroatoms. The maximum absolute atomic E-state index is 5.62. The molecule has 0 aromatic rings. The van der Waals surface area contributed by atoms with E-state index in [1.54, 1.807) is 0 Å². The van der Waals surface area contributed by atoms with Crippen LogP contribution in [-0.2, 0) is 9.47 Å². The number of hydrogen-bond acceptors (Lipinski definition) is 3. The minimum Gasteiger partial charge on any atom is -0.379 e. The van der Waals surface area contributed by atoms with Crippen LogP contribution in [0.25, 0.3) is 0 Å². The quantitative estimate of drug-likeness (QED) is 0.628. The molecule has 1 saturated carbocycles. The summed E-state index contributed by atoms with van der Waals surface area (Å²) in [6, 6.07) is 0.746. The molecule has 90 valence electrons. The van der Waals surface area contributed by atoms with Crippen molar-refractivity contribution in [2.75, 3.05) is 26.4 Å². The SMILES string of the molecule is CCOCC(C)OCCNC1CCCC1. The van der Waals surface area contributed by atoms with E-state index >= 15 is 0 Å². The molecule has 3 nitrogen and oxygen atoms in total. The summed E-state index contributed by atoms with van der Waals surface area (Å²) in [5.74, 6) is 0. The summed E-state index contributed by atoms with van der Waals surface area (Å²) >= 11 is 0. The van der Waals surface area contributed by atoms with Gasteiger partial charge >= 0.3 is 0 Å². The van der Waals surface area contributed by atoms with Crippen LogP contribution in [0.15, 0.2) is 0 Å². The lowest BCUT2D eigenvalue weighted by atomic mass is 10.2. The van der Waals surface area contributed by atoms with Gasteiger partial charge in [-0.25, -0.2) is 0 Å². The van der Waals surface area contributed by atoms with Gasteiger partial charge in [0.05, 0.1) is 19.3 Å². The van der Waals surface area contributed by atoms with Crippen LogP contribution < -0.4 is 5.32 Å². The molecule has 0 spiro atoms. The molecule has 1 unspecified atom stereocenters. The molecular weight excluding hydrogens is 190 g/mol. The number of ether oxygens (including phenoxy) is 2. The lowest BCUT2D eigenvalue weighted by Crippen LogP contribution is -2.31. The molecule has 0 radical (unpaired) electrons. The first-order valence-electron chi connectivity index (χ1n) is 6.25. The Kier molecular flexibility index (Phi) is 6.98. The Morgan fingerprint density at radius 2 is 2.07 bits per heavy atom. The minimum absolute atomic E-state index is 0.218. The lowest BCUT2D eigenvalue weighted by molar-refractivity contribution is -0.00239. The molecule has 0 heterocycles. The van der Waals surface area contributed by atoms with Crippen LogP contribution in [0.1, 0.15) is 39.5 Å². The molecule has 1 rings (SSSR count). The summed E-state index contributed by atoms with van der Waals surface area (Å²) in [6.45, 7) is 7.32. The standard InChI is InChI=1S/C12H25NO2/c1-3-14-10-11(2)15-9-8-13-12-6-4-5-7-12/h11-13H,3-10H2,1-2H3. The van der Waals surface area contributed by atoms with E-state index in [1.165, 1.54) is 25.7 Å². The maximum atomic E-state index is 5.62. The first-order valence-corrected chi connectivity index (χ1v) is 6.25. The van der Waals surface area contributed by atoms with Crippen molar-refractivity contribution in [2.45, 2.75) is 51.7 Å². The molecule has 0 amide bonds. The van der Waals surface area contributed by atoms with Crippen LogP contribution >= 0.6 is 0 Å². The number of rotatable bonds is 8. The topological polar surface area (TPSA) is 30.5 Å². The van der Waals surface area contributed by atoms with Gasteiger partial charge in [0.15, 0.2) is 0 Å². The van der Waals surface area contributed by atoms with Gasteiger partial charge in [0, 0.05) is 19.2 Å². The second-order valence-corrected chi connectivity index (χ2v) is 4.28. The van der Waals surface area contributed by atoms with Crippen molar-refractivity contribution in [3.63, 3.8) is 0 Å². The highest BCUT2D eigenvalue weighted by molar-refractivity contribution is 4.73. The van der Waals surface area contributed by atoms with Gasteiger partial charge in [0.2, 0.25) is 0 Å². The third kappa shape index (κ3) is 6.13. The fraction of sp³-hybridized carbons (Fsp3) is 1.00. The fourth-order valence-corrected chi connectivity index (χ4v) is 1.99. The summed E-state index contributed by atoms with van der Waals surface area (Å²) < 4.78 is 10.9. The van der Waals surface area contributed by atoms with Crippen LogP contribution in [0.4, 0.5) is 0 Å². The van der Waals surface area contributed by atoms with Gasteiger partial charge in [-0.15, -0.1) is 0 Å². The van der Waals surface area contributed by atoms with Gasteiger partial charge < -0.3 is 14.8 Å². The first kappa shape index (κ1) is 12.9. The summed E-state index contributed by atoms with van der Waals surface area (Å²) in [6.07, 6.45) is 5.68. The van der Waals surface area contributed by atoms with Crippen molar-refractivity contribution in [1.82, 2.24) is 5.32 Å². The molecule has 0 aromatic carbocycles. The van der Waals surface area contributed by atoms with E-state index in [0.29, 0.717) is 6.61 Å². The molecule has 1 N–H and O–H groups in total. The number of nitrogens with one attached hydrogen (secondary N) is 1. The molecule has 15 heavy (non-hydrogen) atoms. The van der Waals surface area contributed by atoms with E-state index in [9.17, 15) is 0 Å². The number of hydrogen-bond donors (Lipinski definition) is 1. The zero-order valence-corrected chi connectivity index (χ0v) is 10.1. The Labute approximate surface area is 93.5 Å². The average molecular weight is 215 g/mol. The predicted octanol–water partition coefficient (Wildman–Crippen LogP) is 1.96. The van der Waals surface area contributed by atoms with Gasteiger partial charge in [-0.05, 0) is 26.7 Å². The van der Waals surface area contributed by atoms with Gasteiger partial charge in [0.1, 0.15) is 0 Å². The molecule has 1 aliphatic rings. The smallest absolute Gasteiger partial charge is 0.0781 e. The molecule has 1 fully saturated rings. The molecular formula is C12H25NO2. The Balaban J connectivity index is 1.87. The predicted molar refractivity (Wildman–Crippen MR) is 62.2 cm³/mol. The van der Waals surface area contributed by atoms with Crippen LogP contribution in [0.5, 0.6) is 0 Å². The van der Waals surface area contributed by atoms with Crippen molar-refractivity contribution in [3.05, 3.63) is 0 Å². The zero-order chi connectivity index (χ0) is 10.9. The highest BCUT2D eigenvalue weighted by Crippen LogP contribution is 2.17. The largest absolute Gasteiger partial charge is 0.379 e. The normalized spacial score (nSPS) is 19.6. The Hall–Kier alpha value is -0.120. The van der Waals surface area contributed by atoms with Crippen LogP contribution in [0, 0.1) is 0 Å². The zero-order valence-electron chi connectivity index (χ0n) is 10.1. The van der Waals surface area contributed by atoms with Gasteiger partial charge in [0.25, 0.3) is 0 Å². The highest BCUT2D eigenvalue weighted by atomic mass is 16.5. The Morgan fingerprint density at radius 1 is 1.33 bits per heavy atom. The van der Waals surface area contributed by atoms with Crippen molar-refractivity contribution >= 4 is 0 Å². The lowest BCUT2D eigenvalue weighted by Gasteiger charge is -2.15. The maximum Gasteiger partial charge on any atom is 0.0781 e. The average Bonchev–Trinajstić information content (AvgIpc) is 2.74. The summed E-state index contributed by atoms with van der Waals surface area (Å²) in [4.78, 5) is 0. The molecule has 0 aliphatic heterocycles. The Morgan fingerprint density at radius 3 is 2.73 bits per heavy atom. The summed E-state index contributed by atoms with van der Waals surface area (Å²) in [5.41, 5.74) is 0. The molecule has 0 saturated heterocycles. The van der Waals surface area contributed by atoms with E-state index in [4.69, 9.17) is 9.47 Å². The van der Waals surface area contributed by atoms with Gasteiger partial charge in [-0.3, -0.25) is 0 Å². The van der Waals surface area contributed by atoms with Gasteiger partial charge in [-0.1, -0.05) is 12.8 Å². The van der Waals surface area contributed by atoms with Gasteiger partial charge in [-0.2, -0.15) is 0 Å². The van der Waals surface area contributed by atoms with Crippen LogP contribution in [0.3, 0.4) is 0 Å². The second-order valence-electron chi connectivity index (χ2n) is 4.28. The van der Waals surface area contributed by atoms with Crippen molar-refractivity contribution < 1.29 is 9.47 Å². The van der Waals surface area contributed by atoms with Crippen molar-refractivity contribution in [2.24, 2.45) is 0 Å². The summed E-state index contributed by atoms with van der Waals surface area (Å²) in [7, 11) is 0. The monoisotopic (exact) mass is 215 g/mol. The molecule has 1 atom stereocenters. The highest BCUT2D eigenvalue weighted by Gasteiger charge is 2.13. The van der Waals surface area contributed by atoms with E-state index < -0.39 is 0 Å². The third-order valence-electron chi connectivity index (χ3n) is 2.85. The Bertz CT molecular complexity index is 147. The third-order valence-corrected chi connectivity index (χ3v) is 2.85. The van der Waals surface area contributed by atoms with Crippen LogP contribution in [-0.4, -0.2) is 38.5 Å². The fourth-order valence-electron chi connectivity index (χ4n) is 1.99. The molecule has 0 aromatic heterocycles. The minimum atomic E-state index is 0.218. The van der Waals surface area contributed by atoms with E-state index in [2.05, 4.69) is 12.2 Å².